The number of rotatable bonds is 7. The fourth-order valence-electron chi connectivity index (χ4n) is 3.49. The molecule has 0 bridgehead atoms. The molecule has 0 amide bonds. The van der Waals surface area contributed by atoms with Gasteiger partial charge in [-0.1, -0.05) is 29.8 Å². The molecular weight excluding hydrogens is 444 g/mol. The van der Waals surface area contributed by atoms with E-state index in [4.69, 9.17) is 4.74 Å². The van der Waals surface area contributed by atoms with Crippen LogP contribution in [0.5, 0.6) is 11.5 Å². The molecule has 0 aliphatic carbocycles. The molecule has 2 N–H and O–H groups in total. The quantitative estimate of drug-likeness (QED) is 0.268. The van der Waals surface area contributed by atoms with Crippen molar-refractivity contribution in [2.45, 2.75) is 13.5 Å². The third-order valence-corrected chi connectivity index (χ3v) is 5.28. The second-order valence-corrected chi connectivity index (χ2v) is 7.69. The van der Waals surface area contributed by atoms with E-state index in [1.54, 1.807) is 49.5 Å². The molecule has 0 saturated carbocycles. The lowest BCUT2D eigenvalue weighted by molar-refractivity contribution is 0.282. The number of aryl methyl sites for hydroxylation is 1. The van der Waals surface area contributed by atoms with Crippen LogP contribution < -0.4 is 4.74 Å². The molecule has 4 aromatic carbocycles. The first-order chi connectivity index (χ1) is 17.0. The molecule has 0 saturated heterocycles. The van der Waals surface area contributed by atoms with Gasteiger partial charge in [0, 0.05) is 24.1 Å². The summed E-state index contributed by atoms with van der Waals surface area (Å²) in [6, 6.07) is 19.7. The molecule has 0 heterocycles. The van der Waals surface area contributed by atoms with E-state index in [0.717, 1.165) is 10.9 Å². The summed E-state index contributed by atoms with van der Waals surface area (Å²) >= 11 is 0. The van der Waals surface area contributed by atoms with Crippen molar-refractivity contribution in [1.29, 1.82) is 0 Å². The van der Waals surface area contributed by atoms with Crippen LogP contribution in [0.25, 0.3) is 10.8 Å². The lowest BCUT2D eigenvalue weighted by Gasteiger charge is -2.09. The van der Waals surface area contributed by atoms with Gasteiger partial charge in [0.15, 0.2) is 5.75 Å². The van der Waals surface area contributed by atoms with Crippen molar-refractivity contribution in [1.82, 2.24) is 0 Å². The monoisotopic (exact) mass is 468 g/mol. The van der Waals surface area contributed by atoms with E-state index in [0.29, 0.717) is 45.1 Å². The van der Waals surface area contributed by atoms with Gasteiger partial charge in [-0.25, -0.2) is 0 Å². The smallest absolute Gasteiger partial charge is 0.150 e. The zero-order valence-corrected chi connectivity index (χ0v) is 19.5. The number of nitrogens with zero attached hydrogens (tertiary/aromatic N) is 6. The summed E-state index contributed by atoms with van der Waals surface area (Å²) in [6.07, 6.45) is 0. The SMILES string of the molecule is CN=Nc1ccc(N=Nc2cc(OC)c(N=Nc3ccc4cc(C)ccc4c3O)cc2CO)cc1. The van der Waals surface area contributed by atoms with Gasteiger partial charge in [-0.3, -0.25) is 0 Å². The summed E-state index contributed by atoms with van der Waals surface area (Å²) < 4.78 is 5.46. The molecule has 0 spiro atoms. The lowest BCUT2D eigenvalue weighted by Crippen LogP contribution is -1.89. The fourth-order valence-corrected chi connectivity index (χ4v) is 3.49. The Bertz CT molecular complexity index is 1450. The number of aliphatic hydroxyl groups is 1. The van der Waals surface area contributed by atoms with Crippen LogP contribution in [-0.2, 0) is 6.61 Å². The van der Waals surface area contributed by atoms with Gasteiger partial charge in [-0.2, -0.15) is 20.5 Å². The summed E-state index contributed by atoms with van der Waals surface area (Å²) in [5, 5.41) is 46.8. The highest BCUT2D eigenvalue weighted by molar-refractivity contribution is 5.92. The summed E-state index contributed by atoms with van der Waals surface area (Å²) in [4.78, 5) is 0. The third-order valence-electron chi connectivity index (χ3n) is 5.28. The summed E-state index contributed by atoms with van der Waals surface area (Å²) in [6.45, 7) is 1.71. The number of aliphatic hydroxyl groups excluding tert-OH is 1. The summed E-state index contributed by atoms with van der Waals surface area (Å²) in [5.41, 5.74) is 4.07. The first-order valence-corrected chi connectivity index (χ1v) is 10.8. The minimum absolute atomic E-state index is 0.0458. The Morgan fingerprint density at radius 3 is 2.11 bits per heavy atom. The lowest BCUT2D eigenvalue weighted by atomic mass is 10.1. The molecule has 0 aromatic heterocycles. The van der Waals surface area contributed by atoms with Crippen molar-refractivity contribution >= 4 is 39.2 Å². The zero-order valence-electron chi connectivity index (χ0n) is 19.5. The average Bonchev–Trinajstić information content (AvgIpc) is 2.88. The highest BCUT2D eigenvalue weighted by atomic mass is 16.5. The molecule has 4 aromatic rings. The van der Waals surface area contributed by atoms with Gasteiger partial charge in [0.25, 0.3) is 0 Å². The first kappa shape index (κ1) is 23.7. The van der Waals surface area contributed by atoms with Gasteiger partial charge in [-0.15, -0.1) is 10.2 Å². The van der Waals surface area contributed by atoms with Crippen LogP contribution in [0.1, 0.15) is 11.1 Å². The van der Waals surface area contributed by atoms with Crippen molar-refractivity contribution in [2.75, 3.05) is 14.2 Å². The molecule has 0 atom stereocenters. The highest BCUT2D eigenvalue weighted by Crippen LogP contribution is 2.39. The Labute approximate surface area is 202 Å². The second kappa shape index (κ2) is 10.6. The Morgan fingerprint density at radius 2 is 1.43 bits per heavy atom. The standard InChI is InChI=1S/C26H24N6O3/c1-16-4-10-21-17(12-16)5-11-22(26(21)34)30-32-24-13-18(15-33)23(14-25(24)35-3)31-29-20-8-6-19(7-9-20)28-27-2/h4-14,33-34H,15H2,1-3H3. The molecule has 0 aliphatic rings. The topological polar surface area (TPSA) is 124 Å². The molecule has 35 heavy (non-hydrogen) atoms. The normalized spacial score (nSPS) is 11.9. The van der Waals surface area contributed by atoms with E-state index in [2.05, 4.69) is 30.7 Å². The van der Waals surface area contributed by atoms with Crippen molar-refractivity contribution in [3.63, 3.8) is 0 Å². The number of methoxy groups -OCH3 is 1. The maximum absolute atomic E-state index is 10.7. The number of phenols is 1. The van der Waals surface area contributed by atoms with Crippen molar-refractivity contribution in [2.24, 2.45) is 30.7 Å². The van der Waals surface area contributed by atoms with Crippen molar-refractivity contribution in [3.8, 4) is 11.5 Å². The molecule has 0 unspecified atom stereocenters. The van der Waals surface area contributed by atoms with Crippen LogP contribution in [-0.4, -0.2) is 24.4 Å². The Kier molecular flexibility index (Phi) is 7.18. The predicted molar refractivity (Wildman–Crippen MR) is 135 cm³/mol. The maximum Gasteiger partial charge on any atom is 0.150 e. The van der Waals surface area contributed by atoms with Gasteiger partial charge in [0.05, 0.1) is 30.8 Å². The number of ether oxygens (including phenoxy) is 1. The number of azo groups is 3. The first-order valence-electron chi connectivity index (χ1n) is 10.8. The van der Waals surface area contributed by atoms with Crippen LogP contribution in [0, 0.1) is 6.92 Å². The number of fused-ring (bicyclic) bond motifs is 1. The molecule has 9 nitrogen and oxygen atoms in total. The average molecular weight is 469 g/mol. The molecule has 0 aliphatic heterocycles. The highest BCUT2D eigenvalue weighted by Gasteiger charge is 2.12. The van der Waals surface area contributed by atoms with Gasteiger partial charge in [-0.05, 0) is 48.7 Å². The van der Waals surface area contributed by atoms with Gasteiger partial charge >= 0.3 is 0 Å². The molecule has 0 fully saturated rings. The van der Waals surface area contributed by atoms with E-state index in [1.807, 2.05) is 31.2 Å². The van der Waals surface area contributed by atoms with Gasteiger partial charge in [0.2, 0.25) is 0 Å². The number of benzene rings is 4. The van der Waals surface area contributed by atoms with Crippen LogP contribution in [0.2, 0.25) is 0 Å². The van der Waals surface area contributed by atoms with E-state index in [9.17, 15) is 10.2 Å². The van der Waals surface area contributed by atoms with Crippen LogP contribution in [0.3, 0.4) is 0 Å². The van der Waals surface area contributed by atoms with Gasteiger partial charge < -0.3 is 14.9 Å². The fraction of sp³-hybridized carbons (Fsp3) is 0.154. The summed E-state index contributed by atoms with van der Waals surface area (Å²) in [5.74, 6) is 0.443. The minimum Gasteiger partial charge on any atom is -0.505 e. The number of aromatic hydroxyl groups is 1. The third kappa shape index (κ3) is 5.36. The molecule has 9 heteroatoms. The van der Waals surface area contributed by atoms with E-state index < -0.39 is 0 Å². The number of hydrogen-bond donors (Lipinski definition) is 2. The van der Waals surface area contributed by atoms with E-state index in [1.165, 1.54) is 7.11 Å². The summed E-state index contributed by atoms with van der Waals surface area (Å²) in [7, 11) is 3.11. The van der Waals surface area contributed by atoms with Gasteiger partial charge in [0.1, 0.15) is 17.1 Å². The Hall–Kier alpha value is -4.50. The predicted octanol–water partition coefficient (Wildman–Crippen LogP) is 7.90. The Morgan fingerprint density at radius 1 is 0.743 bits per heavy atom. The number of phenolic OH excluding ortho intramolecular Hbond substituents is 1. The second-order valence-electron chi connectivity index (χ2n) is 7.69. The molecule has 0 radical (unpaired) electrons. The van der Waals surface area contributed by atoms with Crippen LogP contribution in [0.15, 0.2) is 97.4 Å². The van der Waals surface area contributed by atoms with E-state index in [-0.39, 0.29) is 12.4 Å². The van der Waals surface area contributed by atoms with E-state index >= 15 is 0 Å². The molecule has 176 valence electrons. The minimum atomic E-state index is -0.280. The van der Waals surface area contributed by atoms with Crippen LogP contribution in [0.4, 0.5) is 28.4 Å². The number of hydrogen-bond acceptors (Lipinski definition) is 9. The largest absolute Gasteiger partial charge is 0.505 e. The van der Waals surface area contributed by atoms with Crippen LogP contribution >= 0.6 is 0 Å². The van der Waals surface area contributed by atoms with Crippen molar-refractivity contribution in [3.05, 3.63) is 77.9 Å². The molecular formula is C26H24N6O3. The maximum atomic E-state index is 10.7. The Balaban J connectivity index is 1.64. The van der Waals surface area contributed by atoms with Crippen molar-refractivity contribution < 1.29 is 14.9 Å². The zero-order chi connectivity index (χ0) is 24.8. The molecule has 4 rings (SSSR count).